The molecule has 0 aliphatic carbocycles. The molecule has 2 aromatic carbocycles. The number of anilines is 1. The first kappa shape index (κ1) is 14.2. The lowest BCUT2D eigenvalue weighted by Crippen LogP contribution is -2.12. The maximum atomic E-state index is 12.3. The minimum absolute atomic E-state index is 0.189. The van der Waals surface area contributed by atoms with Gasteiger partial charge < -0.3 is 5.32 Å². The number of rotatable bonds is 2. The number of carbonyl (C=O) groups is 1. The molecule has 0 saturated heterocycles. The van der Waals surface area contributed by atoms with Crippen molar-refractivity contribution in [2.24, 2.45) is 0 Å². The fraction of sp³-hybridized carbons (Fsp3) is 0. The normalized spacial score (nSPS) is 10.6. The summed E-state index contributed by atoms with van der Waals surface area (Å²) in [5.74, 6) is -0.189. The molecular formula is C15H9Br2N3O. The summed E-state index contributed by atoms with van der Waals surface area (Å²) in [6.07, 6.45) is 3.26. The number of fused-ring (bicyclic) bond motifs is 1. The number of halogens is 2. The molecule has 104 valence electrons. The Morgan fingerprint density at radius 1 is 0.952 bits per heavy atom. The topological polar surface area (TPSA) is 54.9 Å². The van der Waals surface area contributed by atoms with Gasteiger partial charge in [0.25, 0.3) is 5.91 Å². The predicted molar refractivity (Wildman–Crippen MR) is 89.3 cm³/mol. The standard InChI is InChI=1S/C15H9Br2N3O/c16-9-1-3-12(17)11(7-9)15(21)20-10-2-4-13-14(8-10)19-6-5-18-13/h1-8H,(H,20,21). The molecule has 6 heteroatoms. The molecule has 1 heterocycles. The first-order valence-corrected chi connectivity index (χ1v) is 7.69. The third kappa shape index (κ3) is 3.11. The molecule has 0 saturated carbocycles. The highest BCUT2D eigenvalue weighted by atomic mass is 79.9. The lowest BCUT2D eigenvalue weighted by Gasteiger charge is -2.08. The molecule has 0 radical (unpaired) electrons. The number of aromatic nitrogens is 2. The molecule has 1 N–H and O–H groups in total. The number of hydrogen-bond donors (Lipinski definition) is 1. The van der Waals surface area contributed by atoms with Gasteiger partial charge in [0.2, 0.25) is 0 Å². The number of benzene rings is 2. The van der Waals surface area contributed by atoms with Gasteiger partial charge in [-0.3, -0.25) is 14.8 Å². The molecule has 0 aliphatic heterocycles. The number of amides is 1. The molecule has 3 rings (SSSR count). The first-order valence-electron chi connectivity index (χ1n) is 6.11. The van der Waals surface area contributed by atoms with Crippen LogP contribution in [0.2, 0.25) is 0 Å². The van der Waals surface area contributed by atoms with E-state index in [4.69, 9.17) is 0 Å². The second kappa shape index (κ2) is 5.91. The summed E-state index contributed by atoms with van der Waals surface area (Å²) < 4.78 is 1.59. The van der Waals surface area contributed by atoms with Gasteiger partial charge in [0, 0.05) is 27.0 Å². The van der Waals surface area contributed by atoms with E-state index in [0.717, 1.165) is 20.0 Å². The van der Waals surface area contributed by atoms with Crippen LogP contribution in [0, 0.1) is 0 Å². The van der Waals surface area contributed by atoms with Gasteiger partial charge in [-0.25, -0.2) is 0 Å². The minimum atomic E-state index is -0.189. The highest BCUT2D eigenvalue weighted by Gasteiger charge is 2.11. The van der Waals surface area contributed by atoms with E-state index >= 15 is 0 Å². The van der Waals surface area contributed by atoms with Gasteiger partial charge in [0.05, 0.1) is 16.6 Å². The molecule has 1 aromatic heterocycles. The maximum absolute atomic E-state index is 12.3. The zero-order valence-electron chi connectivity index (χ0n) is 10.7. The summed E-state index contributed by atoms with van der Waals surface area (Å²) in [4.78, 5) is 20.7. The predicted octanol–water partition coefficient (Wildman–Crippen LogP) is 4.41. The van der Waals surface area contributed by atoms with Crippen LogP contribution >= 0.6 is 31.9 Å². The first-order chi connectivity index (χ1) is 10.1. The lowest BCUT2D eigenvalue weighted by molar-refractivity contribution is 0.102. The molecule has 1 amide bonds. The number of nitrogens with one attached hydrogen (secondary N) is 1. The Hall–Kier alpha value is -1.79. The summed E-state index contributed by atoms with van der Waals surface area (Å²) in [5, 5.41) is 2.86. The van der Waals surface area contributed by atoms with Gasteiger partial charge in [-0.15, -0.1) is 0 Å². The third-order valence-corrected chi connectivity index (χ3v) is 4.08. The van der Waals surface area contributed by atoms with Crippen LogP contribution in [0.15, 0.2) is 57.7 Å². The van der Waals surface area contributed by atoms with E-state index in [-0.39, 0.29) is 5.91 Å². The van der Waals surface area contributed by atoms with Crippen molar-refractivity contribution in [1.82, 2.24) is 9.97 Å². The van der Waals surface area contributed by atoms with Gasteiger partial charge in [0.1, 0.15) is 0 Å². The second-order valence-electron chi connectivity index (χ2n) is 4.34. The average Bonchev–Trinajstić information content (AvgIpc) is 2.49. The summed E-state index contributed by atoms with van der Waals surface area (Å²) in [6, 6.07) is 10.9. The Morgan fingerprint density at radius 2 is 1.71 bits per heavy atom. The zero-order chi connectivity index (χ0) is 14.8. The van der Waals surface area contributed by atoms with Crippen molar-refractivity contribution in [2.45, 2.75) is 0 Å². The van der Waals surface area contributed by atoms with Gasteiger partial charge >= 0.3 is 0 Å². The Balaban J connectivity index is 1.90. The van der Waals surface area contributed by atoms with Gasteiger partial charge in [-0.05, 0) is 52.3 Å². The Labute approximate surface area is 137 Å². The van der Waals surface area contributed by atoms with Crippen LogP contribution in [0.1, 0.15) is 10.4 Å². The van der Waals surface area contributed by atoms with Crippen molar-refractivity contribution in [3.05, 3.63) is 63.3 Å². The van der Waals surface area contributed by atoms with Crippen molar-refractivity contribution in [3.8, 4) is 0 Å². The van der Waals surface area contributed by atoms with Crippen molar-refractivity contribution in [2.75, 3.05) is 5.32 Å². The number of nitrogens with zero attached hydrogens (tertiary/aromatic N) is 2. The summed E-state index contributed by atoms with van der Waals surface area (Å²) >= 11 is 6.74. The quantitative estimate of drug-likeness (QED) is 0.685. The van der Waals surface area contributed by atoms with Crippen molar-refractivity contribution < 1.29 is 4.79 Å². The molecular weight excluding hydrogens is 398 g/mol. The summed E-state index contributed by atoms with van der Waals surface area (Å²) in [7, 11) is 0. The molecule has 0 unspecified atom stereocenters. The Morgan fingerprint density at radius 3 is 2.52 bits per heavy atom. The van der Waals surface area contributed by atoms with Crippen LogP contribution in [0.4, 0.5) is 5.69 Å². The van der Waals surface area contributed by atoms with Crippen LogP contribution in [0.5, 0.6) is 0 Å². The zero-order valence-corrected chi connectivity index (χ0v) is 13.8. The fourth-order valence-electron chi connectivity index (χ4n) is 1.91. The molecule has 21 heavy (non-hydrogen) atoms. The van der Waals surface area contributed by atoms with Crippen LogP contribution in [-0.4, -0.2) is 15.9 Å². The molecule has 4 nitrogen and oxygen atoms in total. The van der Waals surface area contributed by atoms with Crippen molar-refractivity contribution >= 4 is 54.5 Å². The van der Waals surface area contributed by atoms with Crippen LogP contribution in [0.3, 0.4) is 0 Å². The second-order valence-corrected chi connectivity index (χ2v) is 6.11. The Kier molecular flexibility index (Phi) is 3.98. The molecule has 0 bridgehead atoms. The van der Waals surface area contributed by atoms with E-state index in [1.54, 1.807) is 30.6 Å². The highest BCUT2D eigenvalue weighted by Crippen LogP contribution is 2.23. The van der Waals surface area contributed by atoms with Crippen molar-refractivity contribution in [1.29, 1.82) is 0 Å². The molecule has 0 fully saturated rings. The SMILES string of the molecule is O=C(Nc1ccc2nccnc2c1)c1cc(Br)ccc1Br. The van der Waals surface area contributed by atoms with Gasteiger partial charge in [0.15, 0.2) is 0 Å². The average molecular weight is 407 g/mol. The van der Waals surface area contributed by atoms with E-state index in [1.165, 1.54) is 0 Å². The smallest absolute Gasteiger partial charge is 0.256 e. The summed E-state index contributed by atoms with van der Waals surface area (Å²) in [5.41, 5.74) is 2.77. The van der Waals surface area contributed by atoms with E-state index in [9.17, 15) is 4.79 Å². The summed E-state index contributed by atoms with van der Waals surface area (Å²) in [6.45, 7) is 0. The van der Waals surface area contributed by atoms with Gasteiger partial charge in [-0.2, -0.15) is 0 Å². The minimum Gasteiger partial charge on any atom is -0.322 e. The molecule has 3 aromatic rings. The van der Waals surface area contributed by atoms with Crippen LogP contribution < -0.4 is 5.32 Å². The largest absolute Gasteiger partial charge is 0.322 e. The van der Waals surface area contributed by atoms with Crippen LogP contribution in [-0.2, 0) is 0 Å². The molecule has 0 atom stereocenters. The van der Waals surface area contributed by atoms with E-state index < -0.39 is 0 Å². The monoisotopic (exact) mass is 405 g/mol. The van der Waals surface area contributed by atoms with E-state index in [2.05, 4.69) is 47.1 Å². The van der Waals surface area contributed by atoms with E-state index in [1.807, 2.05) is 18.2 Å². The number of hydrogen-bond acceptors (Lipinski definition) is 3. The van der Waals surface area contributed by atoms with Crippen LogP contribution in [0.25, 0.3) is 11.0 Å². The third-order valence-electron chi connectivity index (χ3n) is 2.90. The van der Waals surface area contributed by atoms with Gasteiger partial charge in [-0.1, -0.05) is 15.9 Å². The molecule has 0 spiro atoms. The van der Waals surface area contributed by atoms with Crippen molar-refractivity contribution in [3.63, 3.8) is 0 Å². The van der Waals surface area contributed by atoms with E-state index in [0.29, 0.717) is 11.3 Å². The highest BCUT2D eigenvalue weighted by molar-refractivity contribution is 9.11. The Bertz CT molecular complexity index is 836. The molecule has 0 aliphatic rings. The number of carbonyl (C=O) groups excluding carboxylic acids is 1. The lowest BCUT2D eigenvalue weighted by atomic mass is 10.2. The fourth-order valence-corrected chi connectivity index (χ4v) is 2.70. The maximum Gasteiger partial charge on any atom is 0.256 e.